The molecule has 0 radical (unpaired) electrons. The lowest BCUT2D eigenvalue weighted by molar-refractivity contribution is -0.152. The molecule has 1 aromatic carbocycles. The molecule has 6 nitrogen and oxygen atoms in total. The van der Waals surface area contributed by atoms with E-state index in [0.29, 0.717) is 5.02 Å². The van der Waals surface area contributed by atoms with Crippen molar-refractivity contribution >= 4 is 29.4 Å². The van der Waals surface area contributed by atoms with Crippen molar-refractivity contribution in [3.05, 3.63) is 28.8 Å². The number of carbonyl (C=O) groups excluding carboxylic acids is 3. The molecule has 0 fully saturated rings. The number of hydrogen-bond donors (Lipinski definition) is 1. The first-order chi connectivity index (χ1) is 8.49. The SMILES string of the molecule is COC(=O)C(=O)NC(=O)c1cc(Cl)ccc1OC. The molecule has 0 atom stereocenters. The smallest absolute Gasteiger partial charge is 0.396 e. The maximum absolute atomic E-state index is 11.7. The summed E-state index contributed by atoms with van der Waals surface area (Å²) in [5.74, 6) is -2.90. The van der Waals surface area contributed by atoms with Crippen molar-refractivity contribution in [2.45, 2.75) is 0 Å². The van der Waals surface area contributed by atoms with Crippen LogP contribution in [-0.2, 0) is 14.3 Å². The molecule has 7 heteroatoms. The Kier molecular flexibility index (Phi) is 4.67. The minimum Gasteiger partial charge on any atom is -0.496 e. The lowest BCUT2D eigenvalue weighted by Gasteiger charge is -2.08. The van der Waals surface area contributed by atoms with E-state index in [1.54, 1.807) is 0 Å². The zero-order valence-corrected chi connectivity index (χ0v) is 10.4. The second-order valence-corrected chi connectivity index (χ2v) is 3.56. The fraction of sp³-hybridized carbons (Fsp3) is 0.182. The van der Waals surface area contributed by atoms with Crippen LogP contribution in [0, 0.1) is 0 Å². The number of imide groups is 1. The highest BCUT2D eigenvalue weighted by atomic mass is 35.5. The van der Waals surface area contributed by atoms with Crippen LogP contribution in [0.25, 0.3) is 0 Å². The molecule has 18 heavy (non-hydrogen) atoms. The van der Waals surface area contributed by atoms with Gasteiger partial charge in [0.15, 0.2) is 0 Å². The van der Waals surface area contributed by atoms with E-state index in [1.165, 1.54) is 25.3 Å². The highest BCUT2D eigenvalue weighted by molar-refractivity contribution is 6.36. The molecule has 0 unspecified atom stereocenters. The highest BCUT2D eigenvalue weighted by Crippen LogP contribution is 2.22. The first-order valence-corrected chi connectivity index (χ1v) is 5.14. The van der Waals surface area contributed by atoms with Gasteiger partial charge in [-0.15, -0.1) is 0 Å². The number of halogens is 1. The molecular formula is C11H10ClNO5. The standard InChI is InChI=1S/C11H10ClNO5/c1-17-8-4-3-6(12)5-7(8)9(14)13-10(15)11(16)18-2/h3-5H,1-2H3,(H,13,14,15). The number of methoxy groups -OCH3 is 2. The van der Waals surface area contributed by atoms with Crippen molar-refractivity contribution in [2.75, 3.05) is 14.2 Å². The Morgan fingerprint density at radius 2 is 1.89 bits per heavy atom. The Morgan fingerprint density at radius 1 is 1.22 bits per heavy atom. The Balaban J connectivity index is 2.93. The number of carbonyl (C=O) groups is 3. The number of hydrogen-bond acceptors (Lipinski definition) is 5. The second kappa shape index (κ2) is 6.02. The van der Waals surface area contributed by atoms with Gasteiger partial charge >= 0.3 is 11.9 Å². The molecule has 0 spiro atoms. The second-order valence-electron chi connectivity index (χ2n) is 3.12. The summed E-state index contributed by atoms with van der Waals surface area (Å²) in [6, 6.07) is 4.32. The van der Waals surface area contributed by atoms with Crippen LogP contribution in [0.1, 0.15) is 10.4 Å². The van der Waals surface area contributed by atoms with Gasteiger partial charge in [0.1, 0.15) is 5.75 Å². The predicted octanol–water partition coefficient (Wildman–Crippen LogP) is 0.778. The summed E-state index contributed by atoms with van der Waals surface area (Å²) in [4.78, 5) is 33.7. The molecular weight excluding hydrogens is 262 g/mol. The molecule has 2 amide bonds. The Hall–Kier alpha value is -2.08. The Morgan fingerprint density at radius 3 is 2.44 bits per heavy atom. The molecule has 96 valence electrons. The first-order valence-electron chi connectivity index (χ1n) is 4.76. The number of nitrogens with one attached hydrogen (secondary N) is 1. The normalized spacial score (nSPS) is 9.50. The monoisotopic (exact) mass is 271 g/mol. The summed E-state index contributed by atoms with van der Waals surface area (Å²) < 4.78 is 9.11. The molecule has 0 saturated heterocycles. The fourth-order valence-corrected chi connectivity index (χ4v) is 1.34. The highest BCUT2D eigenvalue weighted by Gasteiger charge is 2.20. The maximum atomic E-state index is 11.7. The van der Waals surface area contributed by atoms with Crippen LogP contribution in [0.15, 0.2) is 18.2 Å². The topological polar surface area (TPSA) is 81.7 Å². The minimum atomic E-state index is -1.16. The molecule has 0 aliphatic carbocycles. The van der Waals surface area contributed by atoms with Crippen LogP contribution >= 0.6 is 11.6 Å². The van der Waals surface area contributed by atoms with Crippen LogP contribution in [0.5, 0.6) is 5.75 Å². The molecule has 0 heterocycles. The van der Waals surface area contributed by atoms with Gasteiger partial charge in [0.25, 0.3) is 5.91 Å². The van der Waals surface area contributed by atoms with Crippen LogP contribution in [0.4, 0.5) is 0 Å². The van der Waals surface area contributed by atoms with Gasteiger partial charge in [-0.1, -0.05) is 11.6 Å². The molecule has 1 rings (SSSR count). The summed E-state index contributed by atoms with van der Waals surface area (Å²) in [5.41, 5.74) is 0.0438. The zero-order chi connectivity index (χ0) is 13.7. The van der Waals surface area contributed by atoms with Crippen molar-refractivity contribution in [3.8, 4) is 5.75 Å². The van der Waals surface area contributed by atoms with Crippen molar-refractivity contribution in [1.29, 1.82) is 0 Å². The average molecular weight is 272 g/mol. The van der Waals surface area contributed by atoms with E-state index in [4.69, 9.17) is 16.3 Å². The Labute approximate surface area is 108 Å². The van der Waals surface area contributed by atoms with Crippen LogP contribution < -0.4 is 10.1 Å². The lowest BCUT2D eigenvalue weighted by atomic mass is 10.2. The van der Waals surface area contributed by atoms with Gasteiger partial charge in [0.2, 0.25) is 0 Å². The van der Waals surface area contributed by atoms with Gasteiger partial charge in [0.05, 0.1) is 19.8 Å². The van der Waals surface area contributed by atoms with E-state index in [1.807, 2.05) is 5.32 Å². The molecule has 0 bridgehead atoms. The number of benzene rings is 1. The zero-order valence-electron chi connectivity index (χ0n) is 9.65. The summed E-state index contributed by atoms with van der Waals surface area (Å²) in [6.07, 6.45) is 0. The maximum Gasteiger partial charge on any atom is 0.396 e. The third-order valence-electron chi connectivity index (χ3n) is 2.00. The predicted molar refractivity (Wildman–Crippen MR) is 62.5 cm³/mol. The first kappa shape index (κ1) is 14.0. The van der Waals surface area contributed by atoms with Crippen LogP contribution in [-0.4, -0.2) is 32.0 Å². The van der Waals surface area contributed by atoms with Crippen molar-refractivity contribution in [3.63, 3.8) is 0 Å². The molecule has 0 aliphatic heterocycles. The molecule has 1 N–H and O–H groups in total. The Bertz CT molecular complexity index is 500. The van der Waals surface area contributed by atoms with E-state index in [-0.39, 0.29) is 11.3 Å². The van der Waals surface area contributed by atoms with Crippen LogP contribution in [0.3, 0.4) is 0 Å². The van der Waals surface area contributed by atoms with E-state index in [9.17, 15) is 14.4 Å². The molecule has 0 saturated carbocycles. The average Bonchev–Trinajstić information content (AvgIpc) is 2.37. The van der Waals surface area contributed by atoms with E-state index in [0.717, 1.165) is 7.11 Å². The van der Waals surface area contributed by atoms with Crippen molar-refractivity contribution in [1.82, 2.24) is 5.32 Å². The number of ether oxygens (including phenoxy) is 2. The summed E-state index contributed by atoms with van der Waals surface area (Å²) in [5, 5.41) is 2.16. The fourth-order valence-electron chi connectivity index (χ4n) is 1.17. The van der Waals surface area contributed by atoms with Gasteiger partial charge in [-0.05, 0) is 18.2 Å². The van der Waals surface area contributed by atoms with Gasteiger partial charge in [-0.3, -0.25) is 14.9 Å². The van der Waals surface area contributed by atoms with E-state index in [2.05, 4.69) is 4.74 Å². The van der Waals surface area contributed by atoms with E-state index >= 15 is 0 Å². The number of esters is 1. The third kappa shape index (κ3) is 3.21. The van der Waals surface area contributed by atoms with Crippen molar-refractivity contribution < 1.29 is 23.9 Å². The quantitative estimate of drug-likeness (QED) is 0.635. The largest absolute Gasteiger partial charge is 0.496 e. The lowest BCUT2D eigenvalue weighted by Crippen LogP contribution is -2.36. The van der Waals surface area contributed by atoms with Gasteiger partial charge in [-0.2, -0.15) is 0 Å². The van der Waals surface area contributed by atoms with Crippen LogP contribution in [0.2, 0.25) is 5.02 Å². The summed E-state index contributed by atoms with van der Waals surface area (Å²) >= 11 is 5.73. The van der Waals surface area contributed by atoms with Crippen molar-refractivity contribution in [2.24, 2.45) is 0 Å². The number of amides is 2. The third-order valence-corrected chi connectivity index (χ3v) is 2.24. The van der Waals surface area contributed by atoms with Gasteiger partial charge in [-0.25, -0.2) is 4.79 Å². The van der Waals surface area contributed by atoms with E-state index < -0.39 is 17.8 Å². The molecule has 0 aliphatic rings. The molecule has 0 aromatic heterocycles. The van der Waals surface area contributed by atoms with Gasteiger partial charge in [0, 0.05) is 5.02 Å². The number of rotatable bonds is 2. The summed E-state index contributed by atoms with van der Waals surface area (Å²) in [7, 11) is 2.40. The van der Waals surface area contributed by atoms with Gasteiger partial charge < -0.3 is 9.47 Å². The summed E-state index contributed by atoms with van der Waals surface area (Å²) in [6.45, 7) is 0. The minimum absolute atomic E-state index is 0.0438. The molecule has 1 aromatic rings.